The van der Waals surface area contributed by atoms with E-state index in [1.165, 1.54) is 25.7 Å². The summed E-state index contributed by atoms with van der Waals surface area (Å²) >= 11 is 0. The number of amides is 1. The molecule has 2 heteroatoms. The van der Waals surface area contributed by atoms with Crippen LogP contribution in [0.1, 0.15) is 65.2 Å². The maximum atomic E-state index is 11.7. The van der Waals surface area contributed by atoms with Crippen LogP contribution in [0.15, 0.2) is 12.7 Å². The molecule has 3 atom stereocenters. The zero-order chi connectivity index (χ0) is 13.4. The molecule has 0 aromatic heterocycles. The Hall–Kier alpha value is -0.790. The largest absolute Gasteiger partial charge is 0.353 e. The minimum Gasteiger partial charge on any atom is -0.353 e. The molecule has 0 aliphatic carbocycles. The Balaban J connectivity index is 2.60. The van der Waals surface area contributed by atoms with Crippen LogP contribution in [0.4, 0.5) is 0 Å². The lowest BCUT2D eigenvalue weighted by molar-refractivity contribution is -0.121. The molecule has 3 unspecified atom stereocenters. The highest BCUT2D eigenvalue weighted by molar-refractivity contribution is 5.76. The van der Waals surface area contributed by atoms with E-state index in [1.807, 2.05) is 6.08 Å². The van der Waals surface area contributed by atoms with E-state index in [0.29, 0.717) is 24.3 Å². The standard InChI is InChI=1S/C16H29NO/c1-4-6-9-14(12-13(3)5-2)15-10-7-8-11-16(18)17-15/h5,13-15H,2,4,6-12H2,1,3H3,(H,17,18). The van der Waals surface area contributed by atoms with Crippen LogP contribution in [-0.2, 0) is 4.79 Å². The summed E-state index contributed by atoms with van der Waals surface area (Å²) in [6, 6.07) is 0.397. The second-order valence-electron chi connectivity index (χ2n) is 5.77. The number of carbonyl (C=O) groups excluding carboxylic acids is 1. The van der Waals surface area contributed by atoms with E-state index >= 15 is 0 Å². The molecule has 0 radical (unpaired) electrons. The monoisotopic (exact) mass is 251 g/mol. The third-order valence-electron chi connectivity index (χ3n) is 4.09. The van der Waals surface area contributed by atoms with Crippen molar-refractivity contribution in [1.82, 2.24) is 5.32 Å². The summed E-state index contributed by atoms with van der Waals surface area (Å²) in [5, 5.41) is 3.24. The van der Waals surface area contributed by atoms with E-state index in [-0.39, 0.29) is 5.91 Å². The minimum atomic E-state index is 0.255. The number of rotatable bonds is 7. The summed E-state index contributed by atoms with van der Waals surface area (Å²) in [6.45, 7) is 8.35. The SMILES string of the molecule is C=CC(C)CC(CCCC)C1CCCCC(=O)N1. The normalized spacial score (nSPS) is 23.9. The Morgan fingerprint density at radius 3 is 2.94 bits per heavy atom. The second kappa shape index (κ2) is 8.34. The molecule has 0 aromatic rings. The smallest absolute Gasteiger partial charge is 0.220 e. The van der Waals surface area contributed by atoms with Crippen LogP contribution in [0, 0.1) is 11.8 Å². The first-order valence-corrected chi connectivity index (χ1v) is 7.59. The lowest BCUT2D eigenvalue weighted by atomic mass is 9.84. The second-order valence-corrected chi connectivity index (χ2v) is 5.77. The topological polar surface area (TPSA) is 29.1 Å². The first-order valence-electron chi connectivity index (χ1n) is 7.59. The van der Waals surface area contributed by atoms with Gasteiger partial charge in [-0.2, -0.15) is 0 Å². The van der Waals surface area contributed by atoms with Gasteiger partial charge in [-0.1, -0.05) is 39.2 Å². The van der Waals surface area contributed by atoms with Crippen molar-refractivity contribution in [2.75, 3.05) is 0 Å². The molecule has 1 N–H and O–H groups in total. The van der Waals surface area contributed by atoms with Gasteiger partial charge in [-0.25, -0.2) is 0 Å². The number of unbranched alkanes of at least 4 members (excludes halogenated alkanes) is 1. The quantitative estimate of drug-likeness (QED) is 0.679. The molecule has 104 valence electrons. The summed E-state index contributed by atoms with van der Waals surface area (Å²) in [7, 11) is 0. The van der Waals surface area contributed by atoms with Gasteiger partial charge in [0.2, 0.25) is 5.91 Å². The molecule has 1 rings (SSSR count). The van der Waals surface area contributed by atoms with E-state index in [9.17, 15) is 4.79 Å². The number of allylic oxidation sites excluding steroid dienone is 1. The first kappa shape index (κ1) is 15.3. The third kappa shape index (κ3) is 5.24. The van der Waals surface area contributed by atoms with E-state index in [2.05, 4.69) is 25.7 Å². The highest BCUT2D eigenvalue weighted by Gasteiger charge is 2.25. The van der Waals surface area contributed by atoms with Crippen molar-refractivity contribution in [3.63, 3.8) is 0 Å². The van der Waals surface area contributed by atoms with Crippen LogP contribution in [0.25, 0.3) is 0 Å². The average Bonchev–Trinajstić information content (AvgIpc) is 2.58. The van der Waals surface area contributed by atoms with Crippen molar-refractivity contribution in [1.29, 1.82) is 0 Å². The number of hydrogen-bond acceptors (Lipinski definition) is 1. The Kier molecular flexibility index (Phi) is 7.07. The third-order valence-corrected chi connectivity index (χ3v) is 4.09. The fourth-order valence-electron chi connectivity index (χ4n) is 2.88. The summed E-state index contributed by atoms with van der Waals surface area (Å²) in [5.41, 5.74) is 0. The summed E-state index contributed by atoms with van der Waals surface area (Å²) < 4.78 is 0. The molecule has 1 heterocycles. The van der Waals surface area contributed by atoms with Crippen LogP contribution in [0.5, 0.6) is 0 Å². The molecule has 2 nitrogen and oxygen atoms in total. The maximum Gasteiger partial charge on any atom is 0.220 e. The molecule has 1 amide bonds. The van der Waals surface area contributed by atoms with E-state index in [1.54, 1.807) is 0 Å². The highest BCUT2D eigenvalue weighted by atomic mass is 16.1. The maximum absolute atomic E-state index is 11.7. The van der Waals surface area contributed by atoms with Crippen LogP contribution in [-0.4, -0.2) is 11.9 Å². The molecule has 0 saturated carbocycles. The molecule has 1 aliphatic rings. The van der Waals surface area contributed by atoms with Crippen molar-refractivity contribution in [2.45, 2.75) is 71.3 Å². The predicted molar refractivity (Wildman–Crippen MR) is 77.4 cm³/mol. The number of carbonyl (C=O) groups is 1. The van der Waals surface area contributed by atoms with E-state index < -0.39 is 0 Å². The van der Waals surface area contributed by atoms with Gasteiger partial charge in [0.05, 0.1) is 0 Å². The van der Waals surface area contributed by atoms with Crippen LogP contribution < -0.4 is 5.32 Å². The van der Waals surface area contributed by atoms with Gasteiger partial charge in [0.25, 0.3) is 0 Å². The highest BCUT2D eigenvalue weighted by Crippen LogP contribution is 2.26. The summed E-state index contributed by atoms with van der Waals surface area (Å²) in [6.07, 6.45) is 11.1. The van der Waals surface area contributed by atoms with E-state index in [4.69, 9.17) is 0 Å². The van der Waals surface area contributed by atoms with Crippen molar-refractivity contribution in [3.05, 3.63) is 12.7 Å². The van der Waals surface area contributed by atoms with Crippen molar-refractivity contribution < 1.29 is 4.79 Å². The van der Waals surface area contributed by atoms with Crippen molar-refractivity contribution >= 4 is 5.91 Å². The van der Waals surface area contributed by atoms with Crippen molar-refractivity contribution in [3.8, 4) is 0 Å². The molecule has 1 saturated heterocycles. The van der Waals surface area contributed by atoms with Gasteiger partial charge in [-0.05, 0) is 37.5 Å². The van der Waals surface area contributed by atoms with Crippen LogP contribution in [0.3, 0.4) is 0 Å². The van der Waals surface area contributed by atoms with Gasteiger partial charge in [0, 0.05) is 12.5 Å². The lowest BCUT2D eigenvalue weighted by Crippen LogP contribution is -2.39. The molecule has 0 aromatic carbocycles. The first-order chi connectivity index (χ1) is 8.67. The summed E-state index contributed by atoms with van der Waals surface area (Å²) in [5.74, 6) is 1.43. The Labute approximate surface area is 112 Å². The predicted octanol–water partition coefficient (Wildman–Crippen LogP) is 4.06. The van der Waals surface area contributed by atoms with Gasteiger partial charge in [-0.3, -0.25) is 4.79 Å². The number of hydrogen-bond donors (Lipinski definition) is 1. The molecule has 18 heavy (non-hydrogen) atoms. The molecular formula is C16H29NO. The zero-order valence-electron chi connectivity index (χ0n) is 12.1. The lowest BCUT2D eigenvalue weighted by Gasteiger charge is -2.28. The average molecular weight is 251 g/mol. The van der Waals surface area contributed by atoms with Crippen LogP contribution in [0.2, 0.25) is 0 Å². The van der Waals surface area contributed by atoms with Gasteiger partial charge in [0.1, 0.15) is 0 Å². The zero-order valence-corrected chi connectivity index (χ0v) is 12.1. The van der Waals surface area contributed by atoms with Gasteiger partial charge in [-0.15, -0.1) is 6.58 Å². The van der Waals surface area contributed by atoms with Crippen molar-refractivity contribution in [2.24, 2.45) is 11.8 Å². The van der Waals surface area contributed by atoms with Gasteiger partial charge < -0.3 is 5.32 Å². The fourth-order valence-corrected chi connectivity index (χ4v) is 2.88. The molecule has 1 aliphatic heterocycles. The molecule has 0 spiro atoms. The van der Waals surface area contributed by atoms with Gasteiger partial charge in [0.15, 0.2) is 0 Å². The summed E-state index contributed by atoms with van der Waals surface area (Å²) in [4.78, 5) is 11.7. The van der Waals surface area contributed by atoms with E-state index in [0.717, 1.165) is 19.3 Å². The van der Waals surface area contributed by atoms with Crippen LogP contribution >= 0.6 is 0 Å². The van der Waals surface area contributed by atoms with Gasteiger partial charge >= 0.3 is 0 Å². The molecular weight excluding hydrogens is 222 g/mol. The Morgan fingerprint density at radius 2 is 2.28 bits per heavy atom. The fraction of sp³-hybridized carbons (Fsp3) is 0.812. The minimum absolute atomic E-state index is 0.255. The Morgan fingerprint density at radius 1 is 1.50 bits per heavy atom. The molecule has 1 fully saturated rings. The molecule has 0 bridgehead atoms. The number of nitrogens with one attached hydrogen (secondary N) is 1. The Bertz CT molecular complexity index is 262.